The molecule has 1 aromatic rings. The van der Waals surface area contributed by atoms with Crippen molar-refractivity contribution in [3.63, 3.8) is 0 Å². The number of halogens is 2. The molecular formula is C9H12Cl2N2O2S. The average molecular weight is 283 g/mol. The van der Waals surface area contributed by atoms with Crippen molar-refractivity contribution < 1.29 is 8.42 Å². The normalized spacial score (nSPS) is 12.1. The Bertz CT molecular complexity index is 477. The molecule has 0 fully saturated rings. The molecule has 1 heterocycles. The molecule has 0 saturated heterocycles. The molecule has 1 rings (SSSR count). The molecule has 0 N–H and O–H groups in total. The number of sulfone groups is 1. The molecule has 16 heavy (non-hydrogen) atoms. The van der Waals surface area contributed by atoms with Gasteiger partial charge in [0.05, 0.1) is 5.75 Å². The van der Waals surface area contributed by atoms with Crippen molar-refractivity contribution >= 4 is 33.0 Å². The third-order valence-corrected chi connectivity index (χ3v) is 4.55. The van der Waals surface area contributed by atoms with Crippen LogP contribution in [-0.4, -0.2) is 24.1 Å². The number of rotatable bonds is 3. The van der Waals surface area contributed by atoms with Gasteiger partial charge in [0, 0.05) is 5.92 Å². The van der Waals surface area contributed by atoms with Gasteiger partial charge >= 0.3 is 0 Å². The van der Waals surface area contributed by atoms with E-state index in [2.05, 4.69) is 9.97 Å². The summed E-state index contributed by atoms with van der Waals surface area (Å²) in [7, 11) is -3.49. The van der Waals surface area contributed by atoms with E-state index in [1.54, 1.807) is 0 Å². The molecule has 0 aliphatic carbocycles. The first-order chi connectivity index (χ1) is 7.29. The molecule has 0 unspecified atom stereocenters. The van der Waals surface area contributed by atoms with Crippen LogP contribution in [0.25, 0.3) is 0 Å². The Kier molecular flexibility index (Phi) is 4.15. The van der Waals surface area contributed by atoms with E-state index in [0.717, 1.165) is 0 Å². The van der Waals surface area contributed by atoms with E-state index >= 15 is 0 Å². The van der Waals surface area contributed by atoms with E-state index in [9.17, 15) is 8.42 Å². The van der Waals surface area contributed by atoms with Gasteiger partial charge < -0.3 is 0 Å². The fraction of sp³-hybridized carbons (Fsp3) is 0.556. The monoisotopic (exact) mass is 282 g/mol. The number of aromatic nitrogens is 2. The number of nitrogens with zero attached hydrogens (tertiary/aromatic N) is 2. The molecule has 0 spiro atoms. The van der Waals surface area contributed by atoms with Crippen LogP contribution in [-0.2, 0) is 9.84 Å². The maximum absolute atomic E-state index is 11.7. The highest BCUT2D eigenvalue weighted by Gasteiger charge is 2.23. The summed E-state index contributed by atoms with van der Waals surface area (Å²) in [4.78, 5) is 7.70. The molecule has 0 radical (unpaired) electrons. The van der Waals surface area contributed by atoms with Crippen LogP contribution >= 0.6 is 23.2 Å². The van der Waals surface area contributed by atoms with E-state index in [0.29, 0.717) is 5.82 Å². The molecule has 0 aromatic carbocycles. The zero-order valence-electron chi connectivity index (χ0n) is 9.16. The molecule has 0 saturated carbocycles. The SMILES string of the molecule is CCS(=O)(=O)c1c(Cl)nc(C(C)C)nc1Cl. The molecule has 7 heteroatoms. The van der Waals surface area contributed by atoms with E-state index in [1.165, 1.54) is 6.92 Å². The van der Waals surface area contributed by atoms with Gasteiger partial charge in [0.15, 0.2) is 20.1 Å². The van der Waals surface area contributed by atoms with Gasteiger partial charge in [0.2, 0.25) is 0 Å². The summed E-state index contributed by atoms with van der Waals surface area (Å²) in [5.41, 5.74) is 0. The van der Waals surface area contributed by atoms with Crippen LogP contribution in [0.1, 0.15) is 32.5 Å². The first-order valence-corrected chi connectivity index (χ1v) is 7.16. The van der Waals surface area contributed by atoms with Gasteiger partial charge in [-0.15, -0.1) is 0 Å². The Morgan fingerprint density at radius 2 is 1.62 bits per heavy atom. The minimum Gasteiger partial charge on any atom is -0.223 e. The average Bonchev–Trinajstić information content (AvgIpc) is 2.16. The van der Waals surface area contributed by atoms with Crippen molar-refractivity contribution in [3.8, 4) is 0 Å². The standard InChI is InChI=1S/C9H12Cl2N2O2S/c1-4-16(14,15)6-7(10)12-9(5(2)3)13-8(6)11/h5H,4H2,1-3H3. The van der Waals surface area contributed by atoms with Crippen molar-refractivity contribution in [3.05, 3.63) is 16.1 Å². The van der Waals surface area contributed by atoms with Crippen molar-refractivity contribution in [2.45, 2.75) is 31.6 Å². The summed E-state index contributed by atoms with van der Waals surface area (Å²) in [6.45, 7) is 5.25. The van der Waals surface area contributed by atoms with Gasteiger partial charge in [-0.3, -0.25) is 0 Å². The van der Waals surface area contributed by atoms with E-state index in [4.69, 9.17) is 23.2 Å². The molecular weight excluding hydrogens is 271 g/mol. The molecule has 0 amide bonds. The van der Waals surface area contributed by atoms with E-state index < -0.39 is 9.84 Å². The zero-order chi connectivity index (χ0) is 12.5. The minimum absolute atomic E-state index is 0.0355. The second-order valence-corrected chi connectivity index (χ2v) is 6.48. The lowest BCUT2D eigenvalue weighted by molar-refractivity contribution is 0.595. The molecule has 4 nitrogen and oxygen atoms in total. The molecule has 1 aromatic heterocycles. The van der Waals surface area contributed by atoms with Gasteiger partial charge in [-0.2, -0.15) is 0 Å². The van der Waals surface area contributed by atoms with Gasteiger partial charge in [-0.05, 0) is 0 Å². The maximum Gasteiger partial charge on any atom is 0.184 e. The van der Waals surface area contributed by atoms with Crippen molar-refractivity contribution in [2.75, 3.05) is 5.75 Å². The highest BCUT2D eigenvalue weighted by molar-refractivity contribution is 7.91. The van der Waals surface area contributed by atoms with Crippen LogP contribution in [0.5, 0.6) is 0 Å². The van der Waals surface area contributed by atoms with Gasteiger partial charge in [0.1, 0.15) is 10.7 Å². The smallest absolute Gasteiger partial charge is 0.184 e. The number of hydrogen-bond acceptors (Lipinski definition) is 4. The first kappa shape index (κ1) is 13.7. The predicted molar refractivity (Wildman–Crippen MR) is 63.9 cm³/mol. The predicted octanol–water partition coefficient (Wildman–Crippen LogP) is 2.70. The lowest BCUT2D eigenvalue weighted by atomic mass is 10.2. The maximum atomic E-state index is 11.7. The van der Waals surface area contributed by atoms with Crippen LogP contribution in [0.2, 0.25) is 10.3 Å². The first-order valence-electron chi connectivity index (χ1n) is 4.75. The summed E-state index contributed by atoms with van der Waals surface area (Å²) in [5.74, 6) is 0.384. The minimum atomic E-state index is -3.49. The van der Waals surface area contributed by atoms with Gasteiger partial charge in [0.25, 0.3) is 0 Å². The van der Waals surface area contributed by atoms with Crippen LogP contribution in [0.3, 0.4) is 0 Å². The fourth-order valence-electron chi connectivity index (χ4n) is 1.07. The Hall–Kier alpha value is -0.390. The Morgan fingerprint density at radius 3 is 1.94 bits per heavy atom. The zero-order valence-corrected chi connectivity index (χ0v) is 11.5. The van der Waals surface area contributed by atoms with Crippen LogP contribution in [0.15, 0.2) is 4.90 Å². The highest BCUT2D eigenvalue weighted by atomic mass is 35.5. The van der Waals surface area contributed by atoms with Crippen molar-refractivity contribution in [1.29, 1.82) is 0 Å². The largest absolute Gasteiger partial charge is 0.223 e. The van der Waals surface area contributed by atoms with Crippen LogP contribution < -0.4 is 0 Å². The summed E-state index contributed by atoms with van der Waals surface area (Å²) in [5, 5.41) is -0.212. The molecule has 0 bridgehead atoms. The third-order valence-electron chi connectivity index (χ3n) is 2.01. The summed E-state index contributed by atoms with van der Waals surface area (Å²) < 4.78 is 23.3. The second-order valence-electron chi connectivity index (χ2n) is 3.55. The fourth-order valence-corrected chi connectivity index (χ4v) is 3.07. The van der Waals surface area contributed by atoms with Crippen LogP contribution in [0.4, 0.5) is 0 Å². The number of hydrogen-bond donors (Lipinski definition) is 0. The highest BCUT2D eigenvalue weighted by Crippen LogP contribution is 2.28. The van der Waals surface area contributed by atoms with E-state index in [-0.39, 0.29) is 26.9 Å². The lowest BCUT2D eigenvalue weighted by Gasteiger charge is -2.09. The third kappa shape index (κ3) is 2.64. The molecule has 0 aliphatic heterocycles. The summed E-state index contributed by atoms with van der Waals surface area (Å²) in [6.07, 6.45) is 0. The van der Waals surface area contributed by atoms with E-state index in [1.807, 2.05) is 13.8 Å². The van der Waals surface area contributed by atoms with Crippen molar-refractivity contribution in [1.82, 2.24) is 9.97 Å². The van der Waals surface area contributed by atoms with Crippen molar-refractivity contribution in [2.24, 2.45) is 0 Å². The quantitative estimate of drug-likeness (QED) is 0.800. The van der Waals surface area contributed by atoms with Crippen LogP contribution in [0, 0.1) is 0 Å². The topological polar surface area (TPSA) is 59.9 Å². The Morgan fingerprint density at radius 1 is 1.19 bits per heavy atom. The van der Waals surface area contributed by atoms with Gasteiger partial charge in [-0.25, -0.2) is 18.4 Å². The Balaban J connectivity index is 3.46. The Labute approximate surface area is 105 Å². The second kappa shape index (κ2) is 4.85. The molecule has 90 valence electrons. The molecule has 0 atom stereocenters. The summed E-state index contributed by atoms with van der Waals surface area (Å²) in [6, 6.07) is 0. The molecule has 0 aliphatic rings. The lowest BCUT2D eigenvalue weighted by Crippen LogP contribution is -2.10. The summed E-state index contributed by atoms with van der Waals surface area (Å²) >= 11 is 11.7. The van der Waals surface area contributed by atoms with Gasteiger partial charge in [-0.1, -0.05) is 44.0 Å².